The number of aromatic nitrogens is 1. The number of primary amides is 1. The molecule has 24 heteroatoms. The van der Waals surface area contributed by atoms with Crippen molar-refractivity contribution in [2.75, 3.05) is 19.6 Å². The highest BCUT2D eigenvalue weighted by molar-refractivity contribution is 5.99. The Morgan fingerprint density at radius 3 is 1.96 bits per heavy atom. The van der Waals surface area contributed by atoms with Crippen molar-refractivity contribution in [2.45, 2.75) is 114 Å². The third-order valence-electron chi connectivity index (χ3n) is 12.3. The number of para-hydroxylation sites is 1. The molecule has 4 aromatic rings. The van der Waals surface area contributed by atoms with Crippen LogP contribution in [0.15, 0.2) is 85.1 Å². The van der Waals surface area contributed by atoms with E-state index in [2.05, 4.69) is 52.8 Å². The Bertz CT molecular complexity index is 2720. The van der Waals surface area contributed by atoms with E-state index in [1.807, 2.05) is 0 Å². The van der Waals surface area contributed by atoms with E-state index in [-0.39, 0.29) is 70.2 Å². The molecule has 76 heavy (non-hydrogen) atoms. The van der Waals surface area contributed by atoms with Gasteiger partial charge in [-0.2, -0.15) is 0 Å². The predicted molar refractivity (Wildman–Crippen MR) is 274 cm³/mol. The molecule has 0 radical (unpaired) electrons. The van der Waals surface area contributed by atoms with Crippen LogP contribution in [0, 0.1) is 0 Å². The molecule has 406 valence electrons. The number of hydrogen-bond donors (Lipinski definition) is 13. The minimum absolute atomic E-state index is 0.00894. The van der Waals surface area contributed by atoms with Gasteiger partial charge in [-0.3, -0.25) is 52.7 Å². The SMILES string of the molecule is CC(=O)N[C@@H](Cc1ccc(O)cc1)C(=O)N[C@H]1CCCCNC(=O)CC(=O)NCCCC[C@@H](C(=O)N[C@@H](CC(=O)O)C(=O)N[C@@H](Cc2ccccc2)C(N)=O)NC(=O)[C@H](Cc2c[nH]c3ccccc23)NC(=O)CNC1=O. The van der Waals surface area contributed by atoms with Crippen LogP contribution in [0.3, 0.4) is 0 Å². The Hall–Kier alpha value is -8.83. The van der Waals surface area contributed by atoms with Crippen molar-refractivity contribution in [3.8, 4) is 5.75 Å². The molecule has 0 bridgehead atoms. The molecule has 3 aromatic carbocycles. The van der Waals surface area contributed by atoms with Gasteiger partial charge in [0.1, 0.15) is 48.4 Å². The van der Waals surface area contributed by atoms with Gasteiger partial charge in [-0.15, -0.1) is 0 Å². The van der Waals surface area contributed by atoms with Gasteiger partial charge in [0, 0.05) is 56.4 Å². The van der Waals surface area contributed by atoms with E-state index in [4.69, 9.17) is 5.73 Å². The molecule has 2 heterocycles. The highest BCUT2D eigenvalue weighted by atomic mass is 16.4. The summed E-state index contributed by atoms with van der Waals surface area (Å²) >= 11 is 0. The van der Waals surface area contributed by atoms with E-state index in [9.17, 15) is 63.0 Å². The number of H-pyrrole nitrogens is 1. The van der Waals surface area contributed by atoms with Crippen molar-refractivity contribution in [3.63, 3.8) is 0 Å². The minimum Gasteiger partial charge on any atom is -0.508 e. The lowest BCUT2D eigenvalue weighted by atomic mass is 10.0. The maximum atomic E-state index is 14.5. The number of hydrogen-bond acceptors (Lipinski definition) is 12. The largest absolute Gasteiger partial charge is 0.508 e. The van der Waals surface area contributed by atoms with Crippen molar-refractivity contribution >= 4 is 75.9 Å². The summed E-state index contributed by atoms with van der Waals surface area (Å²) < 4.78 is 0. The Labute approximate surface area is 437 Å². The molecule has 1 aliphatic rings. The fourth-order valence-corrected chi connectivity index (χ4v) is 8.34. The number of carbonyl (C=O) groups excluding carboxylic acids is 10. The van der Waals surface area contributed by atoms with Crippen molar-refractivity contribution in [1.29, 1.82) is 0 Å². The third-order valence-corrected chi connectivity index (χ3v) is 12.3. The minimum atomic E-state index is -1.78. The number of carboxylic acids is 1. The maximum Gasteiger partial charge on any atom is 0.305 e. The smallest absolute Gasteiger partial charge is 0.305 e. The quantitative estimate of drug-likeness (QED) is 0.0593. The molecular weight excluding hydrogens is 987 g/mol. The van der Waals surface area contributed by atoms with Crippen LogP contribution in [0.25, 0.3) is 10.9 Å². The Morgan fingerprint density at radius 2 is 1.30 bits per heavy atom. The molecule has 0 saturated carbocycles. The lowest BCUT2D eigenvalue weighted by Crippen LogP contribution is -2.59. The first-order valence-electron chi connectivity index (χ1n) is 24.8. The number of nitrogens with two attached hydrogens (primary N) is 1. The van der Waals surface area contributed by atoms with Crippen LogP contribution in [-0.2, 0) is 72.0 Å². The summed E-state index contributed by atoms with van der Waals surface area (Å²) in [5, 5.41) is 43.3. The Balaban J connectivity index is 1.41. The lowest BCUT2D eigenvalue weighted by molar-refractivity contribution is -0.141. The number of phenols is 1. The van der Waals surface area contributed by atoms with E-state index < -0.39 is 121 Å². The summed E-state index contributed by atoms with van der Waals surface area (Å²) in [5.41, 5.74) is 8.08. The van der Waals surface area contributed by atoms with Crippen LogP contribution in [0.5, 0.6) is 5.75 Å². The van der Waals surface area contributed by atoms with E-state index in [1.54, 1.807) is 72.9 Å². The fraction of sp³-hybridized carbons (Fsp3) is 0.404. The van der Waals surface area contributed by atoms with Crippen LogP contribution in [0.2, 0.25) is 0 Å². The van der Waals surface area contributed by atoms with Gasteiger partial charge in [-0.25, -0.2) is 0 Å². The monoisotopic (exact) mass is 1050 g/mol. The van der Waals surface area contributed by atoms with Crippen LogP contribution < -0.4 is 53.6 Å². The highest BCUT2D eigenvalue weighted by Gasteiger charge is 2.33. The number of benzene rings is 3. The predicted octanol–water partition coefficient (Wildman–Crippen LogP) is -1.12. The van der Waals surface area contributed by atoms with E-state index in [0.29, 0.717) is 34.0 Å². The normalized spacial score (nSPS) is 18.9. The van der Waals surface area contributed by atoms with Crippen LogP contribution in [0.1, 0.15) is 75.0 Å². The number of carboxylic acid groups (broad SMARTS) is 1. The fourth-order valence-electron chi connectivity index (χ4n) is 8.34. The number of aromatic amines is 1. The summed E-state index contributed by atoms with van der Waals surface area (Å²) in [6.45, 7) is 0.639. The number of aromatic hydroxyl groups is 1. The number of phenolic OH excluding ortho intramolecular Hbond substituents is 1. The molecule has 0 spiro atoms. The Morgan fingerprint density at radius 1 is 0.671 bits per heavy atom. The molecule has 24 nitrogen and oxygen atoms in total. The van der Waals surface area contributed by atoms with Gasteiger partial charge in [-0.1, -0.05) is 60.7 Å². The second kappa shape index (κ2) is 29.2. The number of rotatable bonds is 16. The molecule has 14 N–H and O–H groups in total. The van der Waals surface area contributed by atoms with Gasteiger partial charge in [0.15, 0.2) is 0 Å². The number of amides is 10. The van der Waals surface area contributed by atoms with Gasteiger partial charge < -0.3 is 68.8 Å². The van der Waals surface area contributed by atoms with Crippen molar-refractivity contribution in [3.05, 3.63) is 102 Å². The molecule has 10 amide bonds. The van der Waals surface area contributed by atoms with Gasteiger partial charge in [0.2, 0.25) is 59.1 Å². The zero-order valence-corrected chi connectivity index (χ0v) is 41.9. The van der Waals surface area contributed by atoms with Crippen molar-refractivity contribution in [1.82, 2.24) is 52.8 Å². The highest BCUT2D eigenvalue weighted by Crippen LogP contribution is 2.20. The number of carbonyl (C=O) groups is 11. The topological polar surface area (TPSA) is 378 Å². The van der Waals surface area contributed by atoms with Crippen LogP contribution in [0.4, 0.5) is 0 Å². The second-order valence-corrected chi connectivity index (χ2v) is 18.3. The van der Waals surface area contributed by atoms with E-state index in [1.165, 1.54) is 19.1 Å². The molecular formula is C52H65N11O13. The third kappa shape index (κ3) is 19.2. The number of fused-ring (bicyclic) bond motifs is 1. The van der Waals surface area contributed by atoms with Gasteiger partial charge in [0.05, 0.1) is 13.0 Å². The zero-order valence-electron chi connectivity index (χ0n) is 41.9. The summed E-state index contributed by atoms with van der Waals surface area (Å²) in [6.07, 6.45) is 0.700. The first-order valence-corrected chi connectivity index (χ1v) is 24.8. The van der Waals surface area contributed by atoms with Crippen LogP contribution in [-0.4, -0.2) is 136 Å². The molecule has 1 fully saturated rings. The summed E-state index contributed by atoms with van der Waals surface area (Å²) in [5.74, 6) is -9.59. The number of aliphatic carboxylic acids is 1. The Kier molecular flexibility index (Phi) is 22.3. The average molecular weight is 1050 g/mol. The van der Waals surface area contributed by atoms with E-state index in [0.717, 1.165) is 0 Å². The molecule has 1 saturated heterocycles. The van der Waals surface area contributed by atoms with Crippen molar-refractivity contribution in [2.24, 2.45) is 5.73 Å². The van der Waals surface area contributed by atoms with E-state index >= 15 is 0 Å². The molecule has 1 aliphatic heterocycles. The molecule has 0 aliphatic carbocycles. The van der Waals surface area contributed by atoms with Gasteiger partial charge in [-0.05, 0) is 73.4 Å². The zero-order chi connectivity index (χ0) is 55.1. The molecule has 1 aromatic heterocycles. The standard InChI is InChI=1S/C52H65N11O13/c1-30(64)58-40(24-32-17-19-34(65)20-18-32)50(74)60-37-15-7-9-21-54-43(66)27-44(67)55-22-10-8-16-38(49(73)63-42(26-46(69)70)52(76)62-39(47(53)71)23-31-11-3-2-4-12-31)61-51(75)41(59-45(68)29-57-48(37)72)25-33-28-56-36-14-6-5-13-35(33)36/h2-6,11-14,17-20,28,37-42,56,65H,7-10,15-16,21-27,29H2,1H3,(H2,53,71)(H,54,66)(H,55,67)(H,57,72)(H,58,64)(H,59,68)(H,60,74)(H,61,75)(H,62,76)(H,63,73)(H,69,70)/t37-,38-,39-,40-,41-,42-/m0/s1. The lowest BCUT2D eigenvalue weighted by Gasteiger charge is -2.26. The van der Waals surface area contributed by atoms with Gasteiger partial charge >= 0.3 is 5.97 Å². The molecule has 6 atom stereocenters. The van der Waals surface area contributed by atoms with Crippen LogP contribution >= 0.6 is 0 Å². The summed E-state index contributed by atoms with van der Waals surface area (Å²) in [4.78, 5) is 149. The maximum absolute atomic E-state index is 14.5. The molecule has 0 unspecified atom stereocenters. The summed E-state index contributed by atoms with van der Waals surface area (Å²) in [7, 11) is 0. The first-order chi connectivity index (χ1) is 36.3. The number of nitrogens with one attached hydrogen (secondary N) is 10. The average Bonchev–Trinajstić information content (AvgIpc) is 3.78. The van der Waals surface area contributed by atoms with Crippen molar-refractivity contribution < 1.29 is 63.0 Å². The summed E-state index contributed by atoms with van der Waals surface area (Å²) in [6, 6.07) is 13.1. The second-order valence-electron chi connectivity index (χ2n) is 18.3. The van der Waals surface area contributed by atoms with Gasteiger partial charge in [0.25, 0.3) is 0 Å². The molecule has 5 rings (SSSR count). The first kappa shape index (κ1) is 58.1.